The van der Waals surface area contributed by atoms with Gasteiger partial charge in [0.15, 0.2) is 0 Å². The van der Waals surface area contributed by atoms with E-state index in [1.54, 1.807) is 17.4 Å². The number of rotatable bonds is 5. The third-order valence-corrected chi connectivity index (χ3v) is 7.03. The summed E-state index contributed by atoms with van der Waals surface area (Å²) >= 11 is 1.58. The summed E-state index contributed by atoms with van der Waals surface area (Å²) in [6, 6.07) is 12.0. The van der Waals surface area contributed by atoms with Crippen LogP contribution in [0.5, 0.6) is 0 Å². The van der Waals surface area contributed by atoms with Crippen LogP contribution in [0.1, 0.15) is 55.2 Å². The van der Waals surface area contributed by atoms with E-state index in [0.717, 1.165) is 36.8 Å². The number of anilines is 1. The van der Waals surface area contributed by atoms with Crippen molar-refractivity contribution in [1.29, 1.82) is 5.26 Å². The number of amides is 1. The first-order chi connectivity index (χ1) is 12.9. The van der Waals surface area contributed by atoms with Gasteiger partial charge in [0.25, 0.3) is 0 Å². The summed E-state index contributed by atoms with van der Waals surface area (Å²) in [6.45, 7) is 6.91. The standard InChI is InChI=1S/C23H26N2OS/c1-4-23(2,3)17-11-12-18-19(15-24)22(27-20(18)14-17)25-21(26)13-10-16-8-6-5-7-9-16/h5-10,13,17H,4,11-12,14H2,1-3H3,(H,25,26)/b13-10+/t17-/m1/s1. The molecule has 0 radical (unpaired) electrons. The van der Waals surface area contributed by atoms with E-state index in [1.165, 1.54) is 11.0 Å². The van der Waals surface area contributed by atoms with Crippen molar-refractivity contribution in [3.63, 3.8) is 0 Å². The van der Waals surface area contributed by atoms with E-state index < -0.39 is 0 Å². The van der Waals surface area contributed by atoms with Gasteiger partial charge in [-0.2, -0.15) is 5.26 Å². The van der Waals surface area contributed by atoms with Crippen molar-refractivity contribution in [2.45, 2.75) is 46.5 Å². The predicted molar refractivity (Wildman–Crippen MR) is 113 cm³/mol. The smallest absolute Gasteiger partial charge is 0.249 e. The zero-order chi connectivity index (χ0) is 19.4. The lowest BCUT2D eigenvalue weighted by Gasteiger charge is -2.36. The van der Waals surface area contributed by atoms with Crippen LogP contribution in [0.2, 0.25) is 0 Å². The Morgan fingerprint density at radius 2 is 2.11 bits per heavy atom. The molecule has 0 unspecified atom stereocenters. The third kappa shape index (κ3) is 4.31. The SMILES string of the molecule is CCC(C)(C)[C@@H]1CCc2c(sc(NC(=O)/C=C/c3ccccc3)c2C#N)C1. The molecule has 2 aromatic rings. The van der Waals surface area contributed by atoms with Gasteiger partial charge in [0.05, 0.1) is 5.56 Å². The van der Waals surface area contributed by atoms with E-state index in [1.807, 2.05) is 30.3 Å². The molecule has 3 rings (SSSR count). The zero-order valence-corrected chi connectivity index (χ0v) is 17.0. The number of hydrogen-bond donors (Lipinski definition) is 1. The highest BCUT2D eigenvalue weighted by Crippen LogP contribution is 2.45. The first kappa shape index (κ1) is 19.4. The second-order valence-electron chi connectivity index (χ2n) is 7.83. The van der Waals surface area contributed by atoms with Crippen LogP contribution in [-0.2, 0) is 17.6 Å². The predicted octanol–water partition coefficient (Wildman–Crippen LogP) is 5.81. The van der Waals surface area contributed by atoms with Crippen LogP contribution in [-0.4, -0.2) is 5.91 Å². The maximum atomic E-state index is 12.3. The number of hydrogen-bond acceptors (Lipinski definition) is 3. The lowest BCUT2D eigenvalue weighted by molar-refractivity contribution is -0.111. The molecule has 0 fully saturated rings. The van der Waals surface area contributed by atoms with Gasteiger partial charge < -0.3 is 5.32 Å². The minimum atomic E-state index is -0.195. The summed E-state index contributed by atoms with van der Waals surface area (Å²) in [6.07, 6.45) is 7.51. The summed E-state index contributed by atoms with van der Waals surface area (Å²) in [7, 11) is 0. The van der Waals surface area contributed by atoms with Crippen molar-refractivity contribution in [3.8, 4) is 6.07 Å². The summed E-state index contributed by atoms with van der Waals surface area (Å²) in [4.78, 5) is 13.6. The Kier molecular flexibility index (Phi) is 5.82. The molecule has 0 spiro atoms. The van der Waals surface area contributed by atoms with E-state index in [-0.39, 0.29) is 5.91 Å². The third-order valence-electron chi connectivity index (χ3n) is 5.86. The number of fused-ring (bicyclic) bond motifs is 1. The van der Waals surface area contributed by atoms with Crippen molar-refractivity contribution in [3.05, 3.63) is 58.0 Å². The number of nitriles is 1. The molecule has 140 valence electrons. The second kappa shape index (κ2) is 8.10. The summed E-state index contributed by atoms with van der Waals surface area (Å²) in [5.74, 6) is 0.432. The molecule has 27 heavy (non-hydrogen) atoms. The molecule has 0 aliphatic heterocycles. The van der Waals surface area contributed by atoms with Crippen LogP contribution >= 0.6 is 11.3 Å². The maximum absolute atomic E-state index is 12.3. The highest BCUT2D eigenvalue weighted by molar-refractivity contribution is 7.16. The minimum Gasteiger partial charge on any atom is -0.313 e. The lowest BCUT2D eigenvalue weighted by atomic mass is 9.69. The van der Waals surface area contributed by atoms with Gasteiger partial charge in [0.1, 0.15) is 11.1 Å². The molecular weight excluding hydrogens is 352 g/mol. The maximum Gasteiger partial charge on any atom is 0.249 e. The normalized spacial score (nSPS) is 16.7. The lowest BCUT2D eigenvalue weighted by Crippen LogP contribution is -2.28. The van der Waals surface area contributed by atoms with Gasteiger partial charge in [0, 0.05) is 11.0 Å². The number of nitrogens with one attached hydrogen (secondary N) is 1. The molecule has 1 aliphatic rings. The van der Waals surface area contributed by atoms with Gasteiger partial charge in [0.2, 0.25) is 5.91 Å². The molecule has 1 heterocycles. The number of nitrogens with zero attached hydrogens (tertiary/aromatic N) is 1. The van der Waals surface area contributed by atoms with Gasteiger partial charge in [-0.1, -0.05) is 57.5 Å². The summed E-state index contributed by atoms with van der Waals surface area (Å²) in [5.41, 5.74) is 3.08. The van der Waals surface area contributed by atoms with E-state index >= 15 is 0 Å². The van der Waals surface area contributed by atoms with Crippen molar-refractivity contribution in [2.75, 3.05) is 5.32 Å². The second-order valence-corrected chi connectivity index (χ2v) is 8.94. The number of carbonyl (C=O) groups excluding carboxylic acids is 1. The van der Waals surface area contributed by atoms with Gasteiger partial charge in [-0.15, -0.1) is 11.3 Å². The molecule has 3 nitrogen and oxygen atoms in total. The van der Waals surface area contributed by atoms with Crippen molar-refractivity contribution >= 4 is 28.3 Å². The van der Waals surface area contributed by atoms with Gasteiger partial charge >= 0.3 is 0 Å². The van der Waals surface area contributed by atoms with Crippen LogP contribution in [0, 0.1) is 22.7 Å². The Hall–Kier alpha value is -2.38. The molecule has 1 aromatic carbocycles. The number of carbonyl (C=O) groups is 1. The number of benzene rings is 1. The van der Waals surface area contributed by atoms with Crippen LogP contribution in [0.15, 0.2) is 36.4 Å². The fraction of sp³-hybridized carbons (Fsp3) is 0.391. The fourth-order valence-electron chi connectivity index (χ4n) is 3.64. The molecule has 4 heteroatoms. The van der Waals surface area contributed by atoms with Crippen LogP contribution in [0.4, 0.5) is 5.00 Å². The summed E-state index contributed by atoms with van der Waals surface area (Å²) < 4.78 is 0. The quantitative estimate of drug-likeness (QED) is 0.667. The molecule has 0 bridgehead atoms. The molecular formula is C23H26N2OS. The van der Waals surface area contributed by atoms with E-state index in [4.69, 9.17) is 0 Å². The van der Waals surface area contributed by atoms with E-state index in [2.05, 4.69) is 32.2 Å². The summed E-state index contributed by atoms with van der Waals surface area (Å²) in [5, 5.41) is 13.3. The molecule has 1 amide bonds. The molecule has 1 N–H and O–H groups in total. The largest absolute Gasteiger partial charge is 0.313 e. The van der Waals surface area contributed by atoms with Gasteiger partial charge in [-0.05, 0) is 47.8 Å². The topological polar surface area (TPSA) is 52.9 Å². The molecule has 1 aromatic heterocycles. The highest BCUT2D eigenvalue weighted by atomic mass is 32.1. The van der Waals surface area contributed by atoms with Crippen LogP contribution in [0.25, 0.3) is 6.08 Å². The number of thiophene rings is 1. The highest BCUT2D eigenvalue weighted by Gasteiger charge is 2.33. The van der Waals surface area contributed by atoms with Crippen molar-refractivity contribution < 1.29 is 4.79 Å². The van der Waals surface area contributed by atoms with E-state index in [0.29, 0.717) is 21.9 Å². The Morgan fingerprint density at radius 1 is 1.37 bits per heavy atom. The Labute approximate surface area is 165 Å². The van der Waals surface area contributed by atoms with Gasteiger partial charge in [-0.3, -0.25) is 4.79 Å². The molecule has 0 saturated heterocycles. The average Bonchev–Trinajstić information content (AvgIpc) is 3.03. The molecule has 1 aliphatic carbocycles. The Bertz CT molecular complexity index is 887. The molecule has 1 atom stereocenters. The van der Waals surface area contributed by atoms with Crippen LogP contribution < -0.4 is 5.32 Å². The zero-order valence-electron chi connectivity index (χ0n) is 16.2. The molecule has 0 saturated carbocycles. The minimum absolute atomic E-state index is 0.195. The fourth-order valence-corrected chi connectivity index (χ4v) is 4.92. The average molecular weight is 379 g/mol. The first-order valence-electron chi connectivity index (χ1n) is 9.53. The monoisotopic (exact) mass is 378 g/mol. The van der Waals surface area contributed by atoms with Gasteiger partial charge in [-0.25, -0.2) is 0 Å². The van der Waals surface area contributed by atoms with Crippen molar-refractivity contribution in [1.82, 2.24) is 0 Å². The Balaban J connectivity index is 1.77. The van der Waals surface area contributed by atoms with Crippen molar-refractivity contribution in [2.24, 2.45) is 11.3 Å². The van der Waals surface area contributed by atoms with E-state index in [9.17, 15) is 10.1 Å². The first-order valence-corrected chi connectivity index (χ1v) is 10.3. The Morgan fingerprint density at radius 3 is 2.78 bits per heavy atom. The van der Waals surface area contributed by atoms with Crippen LogP contribution in [0.3, 0.4) is 0 Å².